The van der Waals surface area contributed by atoms with Crippen LogP contribution < -0.4 is 10.6 Å². The molecule has 2 aliphatic carbocycles. The van der Waals surface area contributed by atoms with Crippen LogP contribution in [-0.4, -0.2) is 25.0 Å². The van der Waals surface area contributed by atoms with Gasteiger partial charge in [0.25, 0.3) is 0 Å². The standard InChI is InChI=1S/C13H22N2O/c16-13(11-2-1-5-14-8-11)15-12-7-9-3-4-10(12)6-9/h9-12,14H,1-8H2,(H,15,16)/t9?,10?,11-,12?/m1/s1. The fraction of sp³-hybridized carbons (Fsp3) is 0.923. The topological polar surface area (TPSA) is 41.1 Å². The number of carbonyl (C=O) groups is 1. The summed E-state index contributed by atoms with van der Waals surface area (Å²) in [6.07, 6.45) is 7.58. The van der Waals surface area contributed by atoms with Crippen molar-refractivity contribution >= 4 is 5.91 Å². The third-order valence-corrected chi connectivity index (χ3v) is 4.73. The van der Waals surface area contributed by atoms with Crippen LogP contribution in [-0.2, 0) is 4.79 Å². The number of nitrogens with one attached hydrogen (secondary N) is 2. The zero-order chi connectivity index (χ0) is 11.0. The molecule has 0 radical (unpaired) electrons. The van der Waals surface area contributed by atoms with E-state index in [2.05, 4.69) is 10.6 Å². The zero-order valence-electron chi connectivity index (χ0n) is 9.87. The van der Waals surface area contributed by atoms with Crippen molar-refractivity contribution in [3.05, 3.63) is 0 Å². The summed E-state index contributed by atoms with van der Waals surface area (Å²) < 4.78 is 0. The van der Waals surface area contributed by atoms with E-state index >= 15 is 0 Å². The lowest BCUT2D eigenvalue weighted by atomic mass is 9.93. The molecule has 3 heteroatoms. The van der Waals surface area contributed by atoms with Crippen molar-refractivity contribution in [3.63, 3.8) is 0 Å². The first kappa shape index (κ1) is 10.6. The van der Waals surface area contributed by atoms with Gasteiger partial charge in [0.05, 0.1) is 5.92 Å². The average Bonchev–Trinajstić information content (AvgIpc) is 2.92. The number of amides is 1. The van der Waals surface area contributed by atoms with E-state index in [1.54, 1.807) is 0 Å². The Balaban J connectivity index is 1.52. The van der Waals surface area contributed by atoms with E-state index in [9.17, 15) is 4.79 Å². The number of fused-ring (bicyclic) bond motifs is 2. The molecule has 16 heavy (non-hydrogen) atoms. The van der Waals surface area contributed by atoms with E-state index in [0.29, 0.717) is 11.9 Å². The smallest absolute Gasteiger partial charge is 0.224 e. The Hall–Kier alpha value is -0.570. The van der Waals surface area contributed by atoms with E-state index < -0.39 is 0 Å². The van der Waals surface area contributed by atoms with Gasteiger partial charge in [-0.25, -0.2) is 0 Å². The number of piperidine rings is 1. The maximum Gasteiger partial charge on any atom is 0.224 e. The van der Waals surface area contributed by atoms with Crippen LogP contribution in [0.3, 0.4) is 0 Å². The monoisotopic (exact) mass is 222 g/mol. The number of rotatable bonds is 2. The molecule has 2 bridgehead atoms. The van der Waals surface area contributed by atoms with Crippen LogP contribution >= 0.6 is 0 Å². The molecule has 0 aromatic heterocycles. The molecular formula is C13H22N2O. The lowest BCUT2D eigenvalue weighted by Gasteiger charge is -2.27. The Labute approximate surface area is 97.4 Å². The van der Waals surface area contributed by atoms with Crippen LogP contribution in [0.5, 0.6) is 0 Å². The average molecular weight is 222 g/mol. The number of hydrogen-bond acceptors (Lipinski definition) is 2. The molecular weight excluding hydrogens is 200 g/mol. The number of carbonyl (C=O) groups excluding carboxylic acids is 1. The lowest BCUT2D eigenvalue weighted by Crippen LogP contribution is -2.46. The molecule has 0 aromatic rings. The molecule has 3 nitrogen and oxygen atoms in total. The summed E-state index contributed by atoms with van der Waals surface area (Å²) >= 11 is 0. The number of hydrogen-bond donors (Lipinski definition) is 2. The van der Waals surface area contributed by atoms with Gasteiger partial charge in [-0.2, -0.15) is 0 Å². The second-order valence-electron chi connectivity index (χ2n) is 5.83. The van der Waals surface area contributed by atoms with E-state index in [1.807, 2.05) is 0 Å². The minimum absolute atomic E-state index is 0.230. The van der Waals surface area contributed by atoms with Gasteiger partial charge in [-0.1, -0.05) is 6.42 Å². The molecule has 3 unspecified atom stereocenters. The van der Waals surface area contributed by atoms with Gasteiger partial charge in [0, 0.05) is 12.6 Å². The van der Waals surface area contributed by atoms with Crippen molar-refractivity contribution in [2.75, 3.05) is 13.1 Å². The van der Waals surface area contributed by atoms with Crippen LogP contribution in [0.15, 0.2) is 0 Å². The molecule has 3 aliphatic rings. The molecule has 2 N–H and O–H groups in total. The minimum Gasteiger partial charge on any atom is -0.353 e. The minimum atomic E-state index is 0.230. The summed E-state index contributed by atoms with van der Waals surface area (Å²) in [5.74, 6) is 2.25. The SMILES string of the molecule is O=C(NC1CC2CCC1C2)[C@@H]1CCCNC1. The van der Waals surface area contributed by atoms with Crippen LogP contribution in [0.25, 0.3) is 0 Å². The van der Waals surface area contributed by atoms with E-state index in [-0.39, 0.29) is 5.92 Å². The first-order chi connectivity index (χ1) is 7.83. The fourth-order valence-corrected chi connectivity index (χ4v) is 3.80. The molecule has 1 amide bonds. The van der Waals surface area contributed by atoms with Gasteiger partial charge in [-0.05, 0) is 50.5 Å². The highest BCUT2D eigenvalue weighted by atomic mass is 16.2. The first-order valence-corrected chi connectivity index (χ1v) is 6.84. The zero-order valence-corrected chi connectivity index (χ0v) is 9.87. The summed E-state index contributed by atoms with van der Waals surface area (Å²) in [5.41, 5.74) is 0. The highest BCUT2D eigenvalue weighted by Gasteiger charge is 2.40. The Bertz CT molecular complexity index is 273. The van der Waals surface area contributed by atoms with Gasteiger partial charge in [0.1, 0.15) is 0 Å². The van der Waals surface area contributed by atoms with Crippen molar-refractivity contribution in [3.8, 4) is 0 Å². The Morgan fingerprint density at radius 3 is 2.75 bits per heavy atom. The molecule has 3 fully saturated rings. The quantitative estimate of drug-likeness (QED) is 0.739. The summed E-state index contributed by atoms with van der Waals surface area (Å²) in [6.45, 7) is 1.96. The predicted octanol–water partition coefficient (Wildman–Crippen LogP) is 1.29. The maximum absolute atomic E-state index is 12.1. The third kappa shape index (κ3) is 1.97. The highest BCUT2D eigenvalue weighted by molar-refractivity contribution is 5.79. The van der Waals surface area contributed by atoms with E-state index in [4.69, 9.17) is 0 Å². The fourth-order valence-electron chi connectivity index (χ4n) is 3.80. The summed E-state index contributed by atoms with van der Waals surface area (Å²) in [6, 6.07) is 0.508. The molecule has 1 aliphatic heterocycles. The van der Waals surface area contributed by atoms with Gasteiger partial charge < -0.3 is 10.6 Å². The molecule has 0 spiro atoms. The van der Waals surface area contributed by atoms with Gasteiger partial charge in [-0.3, -0.25) is 4.79 Å². The molecule has 3 rings (SSSR count). The first-order valence-electron chi connectivity index (χ1n) is 6.84. The van der Waals surface area contributed by atoms with Crippen LogP contribution in [0.4, 0.5) is 0 Å². The Morgan fingerprint density at radius 2 is 2.12 bits per heavy atom. The summed E-state index contributed by atoms with van der Waals surface area (Å²) in [7, 11) is 0. The van der Waals surface area contributed by atoms with Gasteiger partial charge in [-0.15, -0.1) is 0 Å². The van der Waals surface area contributed by atoms with Crippen LogP contribution in [0, 0.1) is 17.8 Å². The molecule has 2 saturated carbocycles. The highest BCUT2D eigenvalue weighted by Crippen LogP contribution is 2.44. The summed E-state index contributed by atoms with van der Waals surface area (Å²) in [5, 5.41) is 6.61. The van der Waals surface area contributed by atoms with Crippen LogP contribution in [0.2, 0.25) is 0 Å². The maximum atomic E-state index is 12.1. The van der Waals surface area contributed by atoms with Crippen molar-refractivity contribution in [1.29, 1.82) is 0 Å². The molecule has 0 aromatic carbocycles. The lowest BCUT2D eigenvalue weighted by molar-refractivity contribution is -0.126. The largest absolute Gasteiger partial charge is 0.353 e. The van der Waals surface area contributed by atoms with Gasteiger partial charge in [0.15, 0.2) is 0 Å². The second kappa shape index (κ2) is 4.36. The molecule has 4 atom stereocenters. The van der Waals surface area contributed by atoms with Crippen molar-refractivity contribution < 1.29 is 4.79 Å². The van der Waals surface area contributed by atoms with Crippen molar-refractivity contribution in [1.82, 2.24) is 10.6 Å². The van der Waals surface area contributed by atoms with Gasteiger partial charge >= 0.3 is 0 Å². The van der Waals surface area contributed by atoms with Gasteiger partial charge in [0.2, 0.25) is 5.91 Å². The molecule has 90 valence electrons. The van der Waals surface area contributed by atoms with E-state index in [0.717, 1.165) is 37.8 Å². The second-order valence-corrected chi connectivity index (χ2v) is 5.83. The van der Waals surface area contributed by atoms with Crippen molar-refractivity contribution in [2.45, 2.75) is 44.6 Å². The Kier molecular flexibility index (Phi) is 2.88. The van der Waals surface area contributed by atoms with Crippen LogP contribution in [0.1, 0.15) is 38.5 Å². The summed E-state index contributed by atoms with van der Waals surface area (Å²) in [4.78, 5) is 12.1. The van der Waals surface area contributed by atoms with Crippen molar-refractivity contribution in [2.24, 2.45) is 17.8 Å². The van der Waals surface area contributed by atoms with E-state index in [1.165, 1.54) is 25.7 Å². The predicted molar refractivity (Wildman–Crippen MR) is 63.0 cm³/mol. The third-order valence-electron chi connectivity index (χ3n) is 4.73. The molecule has 1 heterocycles. The normalized spacial score (nSPS) is 42.2. The molecule has 1 saturated heterocycles. The Morgan fingerprint density at radius 1 is 1.19 bits per heavy atom.